The maximum Gasteiger partial charge on any atom is 0.0135 e. The Morgan fingerprint density at radius 1 is 1.06 bits per heavy atom. The van der Waals surface area contributed by atoms with Gasteiger partial charge in [0.2, 0.25) is 0 Å². The molecule has 0 aliphatic heterocycles. The summed E-state index contributed by atoms with van der Waals surface area (Å²) in [5.41, 5.74) is 5.88. The highest BCUT2D eigenvalue weighted by atomic mass is 15.2. The fraction of sp³-hybridized carbons (Fsp3) is 1.00. The number of rotatable bonds is 9. The van der Waals surface area contributed by atoms with Crippen molar-refractivity contribution < 1.29 is 0 Å². The highest BCUT2D eigenvalue weighted by Gasteiger charge is 2.29. The van der Waals surface area contributed by atoms with Crippen LogP contribution in [0.15, 0.2) is 0 Å². The summed E-state index contributed by atoms with van der Waals surface area (Å²) in [6.45, 7) is 7.97. The molecule has 102 valence electrons. The minimum absolute atomic E-state index is 0.769. The third-order valence-corrected chi connectivity index (χ3v) is 4.35. The van der Waals surface area contributed by atoms with Crippen molar-refractivity contribution in [1.29, 1.82) is 0 Å². The highest BCUT2D eigenvalue weighted by molar-refractivity contribution is 4.85. The Hall–Kier alpha value is -0.0800. The van der Waals surface area contributed by atoms with Gasteiger partial charge in [0.05, 0.1) is 0 Å². The highest BCUT2D eigenvalue weighted by Crippen LogP contribution is 2.29. The zero-order valence-electron chi connectivity index (χ0n) is 12.0. The van der Waals surface area contributed by atoms with Crippen molar-refractivity contribution in [3.05, 3.63) is 0 Å². The molecule has 0 radical (unpaired) electrons. The molecule has 0 bridgehead atoms. The van der Waals surface area contributed by atoms with E-state index in [4.69, 9.17) is 5.73 Å². The predicted molar refractivity (Wildman–Crippen MR) is 76.2 cm³/mol. The van der Waals surface area contributed by atoms with Crippen molar-refractivity contribution >= 4 is 0 Å². The van der Waals surface area contributed by atoms with Gasteiger partial charge in [0.15, 0.2) is 0 Å². The molecule has 0 spiro atoms. The summed E-state index contributed by atoms with van der Waals surface area (Å²) in [5, 5.41) is 0. The molecule has 1 rings (SSSR count). The van der Waals surface area contributed by atoms with Crippen molar-refractivity contribution in [2.45, 2.75) is 71.3 Å². The van der Waals surface area contributed by atoms with E-state index in [-0.39, 0.29) is 0 Å². The molecule has 17 heavy (non-hydrogen) atoms. The van der Waals surface area contributed by atoms with Crippen LogP contribution in [0.2, 0.25) is 0 Å². The second-order valence-corrected chi connectivity index (χ2v) is 5.54. The van der Waals surface area contributed by atoms with Gasteiger partial charge in [-0.05, 0) is 44.8 Å². The Morgan fingerprint density at radius 2 is 1.82 bits per heavy atom. The van der Waals surface area contributed by atoms with Crippen LogP contribution in [0, 0.1) is 5.92 Å². The van der Waals surface area contributed by atoms with Gasteiger partial charge >= 0.3 is 0 Å². The first-order valence-corrected chi connectivity index (χ1v) is 7.77. The maximum absolute atomic E-state index is 5.88. The molecule has 0 heterocycles. The Kier molecular flexibility index (Phi) is 7.87. The standard InChI is InChI=1S/C15H32N2/c1-3-5-6-7-8-12-17(4-2)15-11-9-10-14(15)13-16/h14-15H,3-13,16H2,1-2H3. The van der Waals surface area contributed by atoms with Crippen molar-refractivity contribution in [3.8, 4) is 0 Å². The van der Waals surface area contributed by atoms with Crippen LogP contribution in [-0.2, 0) is 0 Å². The minimum Gasteiger partial charge on any atom is -0.330 e. The van der Waals surface area contributed by atoms with Gasteiger partial charge in [-0.25, -0.2) is 0 Å². The van der Waals surface area contributed by atoms with Crippen molar-refractivity contribution in [1.82, 2.24) is 4.90 Å². The molecule has 2 heteroatoms. The molecule has 0 aromatic rings. The van der Waals surface area contributed by atoms with Crippen molar-refractivity contribution in [2.24, 2.45) is 11.7 Å². The van der Waals surface area contributed by atoms with E-state index >= 15 is 0 Å². The number of unbranched alkanes of at least 4 members (excludes halogenated alkanes) is 4. The predicted octanol–water partition coefficient (Wildman–Crippen LogP) is 3.41. The number of hydrogen-bond donors (Lipinski definition) is 1. The molecular formula is C15H32N2. The molecule has 0 aromatic heterocycles. The third kappa shape index (κ3) is 4.97. The fourth-order valence-corrected chi connectivity index (χ4v) is 3.25. The monoisotopic (exact) mass is 240 g/mol. The zero-order valence-corrected chi connectivity index (χ0v) is 12.0. The molecule has 2 unspecified atom stereocenters. The second-order valence-electron chi connectivity index (χ2n) is 5.54. The van der Waals surface area contributed by atoms with Crippen LogP contribution in [-0.4, -0.2) is 30.6 Å². The Morgan fingerprint density at radius 3 is 2.47 bits per heavy atom. The largest absolute Gasteiger partial charge is 0.330 e. The van der Waals surface area contributed by atoms with Crippen molar-refractivity contribution in [2.75, 3.05) is 19.6 Å². The van der Waals surface area contributed by atoms with E-state index in [0.29, 0.717) is 0 Å². The lowest BCUT2D eigenvalue weighted by Crippen LogP contribution is -2.40. The van der Waals surface area contributed by atoms with Gasteiger partial charge in [-0.1, -0.05) is 46.0 Å². The molecule has 0 aromatic carbocycles. The average Bonchev–Trinajstić information content (AvgIpc) is 2.82. The lowest BCUT2D eigenvalue weighted by atomic mass is 10.0. The number of hydrogen-bond acceptors (Lipinski definition) is 2. The van der Waals surface area contributed by atoms with Crippen LogP contribution in [0.3, 0.4) is 0 Å². The summed E-state index contributed by atoms with van der Waals surface area (Å²) >= 11 is 0. The topological polar surface area (TPSA) is 29.3 Å². The lowest BCUT2D eigenvalue weighted by molar-refractivity contribution is 0.167. The van der Waals surface area contributed by atoms with Gasteiger partial charge in [-0.2, -0.15) is 0 Å². The normalized spacial score (nSPS) is 24.7. The molecule has 1 saturated carbocycles. The molecular weight excluding hydrogens is 208 g/mol. The van der Waals surface area contributed by atoms with Gasteiger partial charge in [-0.3, -0.25) is 0 Å². The SMILES string of the molecule is CCCCCCCN(CC)C1CCCC1CN. The Bertz CT molecular complexity index is 182. The maximum atomic E-state index is 5.88. The van der Waals surface area contributed by atoms with Crippen LogP contribution in [0.25, 0.3) is 0 Å². The fourth-order valence-electron chi connectivity index (χ4n) is 3.25. The Balaban J connectivity index is 2.22. The molecule has 1 fully saturated rings. The van der Waals surface area contributed by atoms with Crippen LogP contribution in [0.5, 0.6) is 0 Å². The molecule has 0 saturated heterocycles. The summed E-state index contributed by atoms with van der Waals surface area (Å²) in [6.07, 6.45) is 11.1. The Labute approximate surface area is 108 Å². The van der Waals surface area contributed by atoms with E-state index in [1.54, 1.807) is 0 Å². The first-order chi connectivity index (χ1) is 8.33. The lowest BCUT2D eigenvalue weighted by Gasteiger charge is -2.31. The molecule has 2 atom stereocenters. The van der Waals surface area contributed by atoms with E-state index in [2.05, 4.69) is 18.7 Å². The average molecular weight is 240 g/mol. The van der Waals surface area contributed by atoms with E-state index in [0.717, 1.165) is 18.5 Å². The summed E-state index contributed by atoms with van der Waals surface area (Å²) in [6, 6.07) is 0.788. The van der Waals surface area contributed by atoms with Gasteiger partial charge in [-0.15, -0.1) is 0 Å². The van der Waals surface area contributed by atoms with E-state index in [1.807, 2.05) is 0 Å². The molecule has 2 nitrogen and oxygen atoms in total. The van der Waals surface area contributed by atoms with Crippen LogP contribution >= 0.6 is 0 Å². The zero-order chi connectivity index (χ0) is 12.5. The van der Waals surface area contributed by atoms with Crippen LogP contribution in [0.1, 0.15) is 65.2 Å². The number of nitrogens with zero attached hydrogens (tertiary/aromatic N) is 1. The summed E-state index contributed by atoms with van der Waals surface area (Å²) < 4.78 is 0. The quantitative estimate of drug-likeness (QED) is 0.626. The summed E-state index contributed by atoms with van der Waals surface area (Å²) in [7, 11) is 0. The first-order valence-electron chi connectivity index (χ1n) is 7.77. The van der Waals surface area contributed by atoms with Gasteiger partial charge in [0.1, 0.15) is 0 Å². The van der Waals surface area contributed by atoms with Crippen LogP contribution in [0.4, 0.5) is 0 Å². The first kappa shape index (κ1) is 15.0. The minimum atomic E-state index is 0.769. The number of nitrogens with two attached hydrogens (primary N) is 1. The van der Waals surface area contributed by atoms with Crippen LogP contribution < -0.4 is 5.73 Å². The van der Waals surface area contributed by atoms with E-state index < -0.39 is 0 Å². The molecule has 2 N–H and O–H groups in total. The second kappa shape index (κ2) is 8.93. The van der Waals surface area contributed by atoms with Crippen molar-refractivity contribution in [3.63, 3.8) is 0 Å². The summed E-state index contributed by atoms with van der Waals surface area (Å²) in [5.74, 6) is 0.769. The molecule has 1 aliphatic rings. The molecule has 1 aliphatic carbocycles. The van der Waals surface area contributed by atoms with E-state index in [1.165, 1.54) is 64.5 Å². The van der Waals surface area contributed by atoms with Gasteiger partial charge in [0, 0.05) is 6.04 Å². The smallest absolute Gasteiger partial charge is 0.0135 e. The summed E-state index contributed by atoms with van der Waals surface area (Å²) in [4.78, 5) is 2.69. The molecule has 0 amide bonds. The van der Waals surface area contributed by atoms with E-state index in [9.17, 15) is 0 Å². The third-order valence-electron chi connectivity index (χ3n) is 4.35. The van der Waals surface area contributed by atoms with Gasteiger partial charge in [0.25, 0.3) is 0 Å². The van der Waals surface area contributed by atoms with Gasteiger partial charge < -0.3 is 10.6 Å².